The molecule has 0 radical (unpaired) electrons. The van der Waals surface area contributed by atoms with Crippen LogP contribution in [0.5, 0.6) is 0 Å². The minimum absolute atomic E-state index is 0.0316. The second-order valence-corrected chi connectivity index (χ2v) is 6.02. The first-order valence-corrected chi connectivity index (χ1v) is 8.60. The molecule has 3 aromatic rings. The topological polar surface area (TPSA) is 113 Å². The minimum atomic E-state index is -1.06. The highest BCUT2D eigenvalue weighted by molar-refractivity contribution is 6.33. The number of hydrogen-bond donors (Lipinski definition) is 2. The molecule has 0 saturated carbocycles. The van der Waals surface area contributed by atoms with Crippen molar-refractivity contribution in [3.63, 3.8) is 0 Å². The number of aromatic carboxylic acids is 1. The van der Waals surface area contributed by atoms with Gasteiger partial charge in [0, 0.05) is 47.8 Å². The Morgan fingerprint density at radius 1 is 0.893 bits per heavy atom. The number of hydrogen-bond acceptors (Lipinski definition) is 6. The van der Waals surface area contributed by atoms with E-state index in [0.717, 1.165) is 0 Å². The number of carbonyl (C=O) groups excluding carboxylic acids is 1. The SMILES string of the molecule is O=C(O)c1cnccc1Cl.O=Cc1cnccc1Cl.OCc1cnccc1Cl. The average molecular weight is 443 g/mol. The van der Waals surface area contributed by atoms with Crippen molar-refractivity contribution in [2.24, 2.45) is 0 Å². The van der Waals surface area contributed by atoms with Gasteiger partial charge in [0.05, 0.1) is 27.8 Å². The summed E-state index contributed by atoms with van der Waals surface area (Å²) in [7, 11) is 0. The first kappa shape index (κ1) is 23.5. The van der Waals surface area contributed by atoms with Gasteiger partial charge in [0.2, 0.25) is 0 Å². The van der Waals surface area contributed by atoms with Crippen LogP contribution in [0.15, 0.2) is 55.4 Å². The summed E-state index contributed by atoms with van der Waals surface area (Å²) in [5.74, 6) is -1.06. The van der Waals surface area contributed by atoms with Gasteiger partial charge in [-0.3, -0.25) is 19.7 Å². The summed E-state index contributed by atoms with van der Waals surface area (Å²) in [5, 5.41) is 18.3. The molecule has 0 saturated heterocycles. The van der Waals surface area contributed by atoms with Gasteiger partial charge in [-0.25, -0.2) is 4.79 Å². The fourth-order valence-corrected chi connectivity index (χ4v) is 2.04. The zero-order valence-electron chi connectivity index (χ0n) is 14.2. The van der Waals surface area contributed by atoms with E-state index in [-0.39, 0.29) is 17.2 Å². The molecule has 2 N–H and O–H groups in total. The van der Waals surface area contributed by atoms with Crippen molar-refractivity contribution in [1.29, 1.82) is 0 Å². The van der Waals surface area contributed by atoms with Gasteiger partial charge in [-0.05, 0) is 18.2 Å². The van der Waals surface area contributed by atoms with Gasteiger partial charge in [-0.1, -0.05) is 34.8 Å². The number of carbonyl (C=O) groups is 2. The average Bonchev–Trinajstić information content (AvgIpc) is 2.70. The quantitative estimate of drug-likeness (QED) is 0.584. The Hall–Kier alpha value is -2.58. The summed E-state index contributed by atoms with van der Waals surface area (Å²) in [6.07, 6.45) is 9.42. The number of carboxylic acids is 1. The van der Waals surface area contributed by atoms with Crippen LogP contribution in [0.3, 0.4) is 0 Å². The maximum Gasteiger partial charge on any atom is 0.338 e. The number of halogens is 3. The van der Waals surface area contributed by atoms with Gasteiger partial charge in [-0.2, -0.15) is 0 Å². The maximum atomic E-state index is 10.3. The largest absolute Gasteiger partial charge is 0.478 e. The van der Waals surface area contributed by atoms with E-state index >= 15 is 0 Å². The first-order valence-electron chi connectivity index (χ1n) is 7.47. The van der Waals surface area contributed by atoms with Gasteiger partial charge in [0.25, 0.3) is 0 Å². The van der Waals surface area contributed by atoms with E-state index in [1.54, 1.807) is 24.5 Å². The lowest BCUT2D eigenvalue weighted by molar-refractivity contribution is 0.0696. The van der Waals surface area contributed by atoms with Gasteiger partial charge < -0.3 is 10.2 Å². The minimum Gasteiger partial charge on any atom is -0.478 e. The van der Waals surface area contributed by atoms with Crippen molar-refractivity contribution in [3.8, 4) is 0 Å². The number of aliphatic hydroxyl groups excluding tert-OH is 1. The lowest BCUT2D eigenvalue weighted by Gasteiger charge is -1.94. The summed E-state index contributed by atoms with van der Waals surface area (Å²) >= 11 is 16.7. The molecule has 3 heterocycles. The molecule has 28 heavy (non-hydrogen) atoms. The number of rotatable bonds is 3. The van der Waals surface area contributed by atoms with E-state index in [4.69, 9.17) is 45.0 Å². The molecular formula is C18H14Cl3N3O4. The van der Waals surface area contributed by atoms with Crippen LogP contribution in [-0.2, 0) is 6.61 Å². The molecule has 0 spiro atoms. The molecule has 0 atom stereocenters. The zero-order chi connectivity index (χ0) is 20.9. The number of aldehydes is 1. The van der Waals surface area contributed by atoms with Gasteiger partial charge in [-0.15, -0.1) is 0 Å². The van der Waals surface area contributed by atoms with Crippen LogP contribution in [0.1, 0.15) is 26.3 Å². The van der Waals surface area contributed by atoms with Crippen LogP contribution in [0.25, 0.3) is 0 Å². The smallest absolute Gasteiger partial charge is 0.338 e. The van der Waals surface area contributed by atoms with Crippen molar-refractivity contribution < 1.29 is 19.8 Å². The molecule has 0 aliphatic rings. The summed E-state index contributed by atoms with van der Waals surface area (Å²) in [5.41, 5.74) is 1.13. The molecule has 0 aliphatic heterocycles. The third kappa shape index (κ3) is 7.98. The van der Waals surface area contributed by atoms with Crippen LogP contribution < -0.4 is 0 Å². The van der Waals surface area contributed by atoms with Crippen LogP contribution >= 0.6 is 34.8 Å². The number of pyridine rings is 3. The van der Waals surface area contributed by atoms with E-state index in [1.807, 2.05) is 0 Å². The molecule has 0 aliphatic carbocycles. The van der Waals surface area contributed by atoms with E-state index in [2.05, 4.69) is 15.0 Å². The molecule has 0 unspecified atom stereocenters. The Morgan fingerprint density at radius 3 is 1.79 bits per heavy atom. The predicted octanol–water partition coefficient (Wildman–Crippen LogP) is 4.21. The summed E-state index contributed by atoms with van der Waals surface area (Å²) in [6.45, 7) is -0.0489. The normalized spacial score (nSPS) is 9.29. The van der Waals surface area contributed by atoms with Gasteiger partial charge >= 0.3 is 5.97 Å². The number of aromatic nitrogens is 3. The molecule has 0 aromatic carbocycles. The van der Waals surface area contributed by atoms with Crippen LogP contribution in [0.2, 0.25) is 15.1 Å². The summed E-state index contributed by atoms with van der Waals surface area (Å²) < 4.78 is 0. The standard InChI is InChI=1S/C6H4ClNO2.C6H6ClNO.C6H4ClNO/c7-5-1-2-8-3-4(5)6(9)10;2*7-6-1-2-8-3-5(6)4-9/h1-3H,(H,9,10);1-3,9H,4H2;1-4H. The Bertz CT molecular complexity index is 926. The molecule has 3 rings (SSSR count). The lowest BCUT2D eigenvalue weighted by atomic mass is 10.3. The van der Waals surface area contributed by atoms with Gasteiger partial charge in [0.1, 0.15) is 0 Å². The second-order valence-electron chi connectivity index (χ2n) is 4.80. The highest BCUT2D eigenvalue weighted by Gasteiger charge is 2.06. The van der Waals surface area contributed by atoms with Gasteiger partial charge in [0.15, 0.2) is 6.29 Å². The molecule has 0 fully saturated rings. The maximum absolute atomic E-state index is 10.3. The number of carboxylic acid groups (broad SMARTS) is 1. The molecule has 0 bridgehead atoms. The molecule has 10 heteroatoms. The second kappa shape index (κ2) is 12.7. The zero-order valence-corrected chi connectivity index (χ0v) is 16.4. The summed E-state index contributed by atoms with van der Waals surface area (Å²) in [4.78, 5) is 31.5. The van der Waals surface area contributed by atoms with E-state index in [0.29, 0.717) is 27.5 Å². The molecule has 0 amide bonds. The third-order valence-corrected chi connectivity index (χ3v) is 3.98. The Kier molecular flexibility index (Phi) is 10.7. The Morgan fingerprint density at radius 2 is 1.43 bits per heavy atom. The van der Waals surface area contributed by atoms with Crippen LogP contribution in [-0.4, -0.2) is 37.4 Å². The van der Waals surface area contributed by atoms with E-state index in [9.17, 15) is 9.59 Å². The summed E-state index contributed by atoms with van der Waals surface area (Å²) in [6, 6.07) is 4.66. The van der Waals surface area contributed by atoms with Crippen LogP contribution in [0.4, 0.5) is 0 Å². The number of nitrogens with zero attached hydrogens (tertiary/aromatic N) is 3. The van der Waals surface area contributed by atoms with E-state index in [1.165, 1.54) is 30.9 Å². The predicted molar refractivity (Wildman–Crippen MR) is 106 cm³/mol. The molecule has 146 valence electrons. The Labute approximate surface area is 175 Å². The third-order valence-electron chi connectivity index (χ3n) is 2.94. The molecule has 7 nitrogen and oxygen atoms in total. The highest BCUT2D eigenvalue weighted by atomic mass is 35.5. The van der Waals surface area contributed by atoms with Crippen molar-refractivity contribution in [3.05, 3.63) is 87.1 Å². The Balaban J connectivity index is 0.000000210. The monoisotopic (exact) mass is 441 g/mol. The highest BCUT2D eigenvalue weighted by Crippen LogP contribution is 2.13. The fourth-order valence-electron chi connectivity index (χ4n) is 1.54. The van der Waals surface area contributed by atoms with Crippen molar-refractivity contribution in [2.75, 3.05) is 0 Å². The molecular weight excluding hydrogens is 429 g/mol. The molecule has 3 aromatic heterocycles. The lowest BCUT2D eigenvalue weighted by Crippen LogP contribution is -1.97. The fraction of sp³-hybridized carbons (Fsp3) is 0.0556. The van der Waals surface area contributed by atoms with Crippen LogP contribution in [0, 0.1) is 0 Å². The van der Waals surface area contributed by atoms with Crippen molar-refractivity contribution in [1.82, 2.24) is 15.0 Å². The number of aliphatic hydroxyl groups is 1. The van der Waals surface area contributed by atoms with Crippen molar-refractivity contribution >= 4 is 47.1 Å². The van der Waals surface area contributed by atoms with Crippen molar-refractivity contribution in [2.45, 2.75) is 6.61 Å². The van der Waals surface area contributed by atoms with E-state index < -0.39 is 5.97 Å². The first-order chi connectivity index (χ1) is 13.4.